The molecular formula is C27H50N2O12. The van der Waals surface area contributed by atoms with E-state index in [-0.39, 0.29) is 24.7 Å². The number of hydrogen-bond donors (Lipinski definition) is 10. The van der Waals surface area contributed by atoms with Crippen molar-refractivity contribution >= 4 is 11.8 Å². The lowest BCUT2D eigenvalue weighted by Crippen LogP contribution is -2.64. The van der Waals surface area contributed by atoms with Crippen LogP contribution in [0.25, 0.3) is 0 Å². The first-order valence-electron chi connectivity index (χ1n) is 14.8. The molecule has 2 rings (SSSR count). The summed E-state index contributed by atoms with van der Waals surface area (Å²) in [5, 5.41) is 83.0. The van der Waals surface area contributed by atoms with Gasteiger partial charge in [-0.3, -0.25) is 9.59 Å². The van der Waals surface area contributed by atoms with E-state index in [0.29, 0.717) is 12.8 Å². The number of unbranched alkanes of at least 4 members (excludes halogenated alkanes) is 10. The van der Waals surface area contributed by atoms with Gasteiger partial charge in [0.05, 0.1) is 13.2 Å². The molecule has 0 unspecified atom stereocenters. The quantitative estimate of drug-likeness (QED) is 0.0767. The molecular weight excluding hydrogens is 544 g/mol. The summed E-state index contributed by atoms with van der Waals surface area (Å²) in [5.74, 6) is -0.700. The minimum absolute atomic E-state index is 0.231. The van der Waals surface area contributed by atoms with Crippen LogP contribution in [0.1, 0.15) is 83.5 Å². The molecule has 10 N–H and O–H groups in total. The number of aliphatic hydroxyl groups excluding tert-OH is 8. The monoisotopic (exact) mass is 594 g/mol. The highest BCUT2D eigenvalue weighted by Gasteiger charge is 2.45. The Morgan fingerprint density at radius 3 is 1.07 bits per heavy atom. The van der Waals surface area contributed by atoms with Gasteiger partial charge in [0.15, 0.2) is 12.6 Å². The third kappa shape index (κ3) is 11.6. The number of nitrogens with one attached hydrogen (secondary N) is 2. The number of aliphatic hydroxyl groups is 8. The molecule has 0 aromatic carbocycles. The van der Waals surface area contributed by atoms with Crippen LogP contribution in [-0.2, 0) is 19.1 Å². The summed E-state index contributed by atoms with van der Waals surface area (Å²) >= 11 is 0. The minimum atomic E-state index is -1.52. The Hall–Kier alpha value is -1.46. The molecule has 0 bridgehead atoms. The zero-order valence-electron chi connectivity index (χ0n) is 23.6. The normalized spacial score (nSPS) is 33.9. The van der Waals surface area contributed by atoms with E-state index in [1.54, 1.807) is 0 Å². The third-order valence-electron chi connectivity index (χ3n) is 7.76. The van der Waals surface area contributed by atoms with Crippen molar-refractivity contribution < 1.29 is 59.9 Å². The Morgan fingerprint density at radius 1 is 0.488 bits per heavy atom. The van der Waals surface area contributed by atoms with Crippen LogP contribution in [0.3, 0.4) is 0 Å². The van der Waals surface area contributed by atoms with Crippen molar-refractivity contribution in [2.45, 2.75) is 145 Å². The second-order valence-electron chi connectivity index (χ2n) is 11.0. The molecule has 2 aliphatic rings. The SMILES string of the molecule is O=C(CCCCCCCCCCCCCC(=O)N[C@@H]1[C@@H](O)[C@H](O)[C@@H](CO)O[C@H]1O)N[C@@H]1[C@@H](O)[C@H](O)[C@@H](CO)O[C@H]1O. The van der Waals surface area contributed by atoms with Gasteiger partial charge in [-0.15, -0.1) is 0 Å². The van der Waals surface area contributed by atoms with Gasteiger partial charge >= 0.3 is 0 Å². The number of carbonyl (C=O) groups excluding carboxylic acids is 2. The number of carbonyl (C=O) groups is 2. The molecule has 2 heterocycles. The zero-order valence-corrected chi connectivity index (χ0v) is 23.6. The van der Waals surface area contributed by atoms with E-state index in [0.717, 1.165) is 57.8 Å². The average Bonchev–Trinajstić information content (AvgIpc) is 2.95. The van der Waals surface area contributed by atoms with Gasteiger partial charge in [0.1, 0.15) is 48.7 Å². The molecule has 14 heteroatoms. The first-order valence-corrected chi connectivity index (χ1v) is 14.8. The van der Waals surface area contributed by atoms with Gasteiger partial charge in [-0.25, -0.2) is 0 Å². The lowest BCUT2D eigenvalue weighted by atomic mass is 9.97. The topological polar surface area (TPSA) is 238 Å². The van der Waals surface area contributed by atoms with Crippen LogP contribution in [0.15, 0.2) is 0 Å². The molecule has 0 aliphatic carbocycles. The van der Waals surface area contributed by atoms with E-state index >= 15 is 0 Å². The Kier molecular flexibility index (Phi) is 16.5. The van der Waals surface area contributed by atoms with Gasteiger partial charge in [-0.05, 0) is 12.8 Å². The lowest BCUT2D eigenvalue weighted by molar-refractivity contribution is -0.253. The maximum absolute atomic E-state index is 12.1. The number of rotatable bonds is 18. The van der Waals surface area contributed by atoms with Crippen LogP contribution < -0.4 is 10.6 Å². The van der Waals surface area contributed by atoms with Gasteiger partial charge in [0, 0.05) is 12.8 Å². The fraction of sp³-hybridized carbons (Fsp3) is 0.926. The van der Waals surface area contributed by atoms with Gasteiger partial charge in [-0.1, -0.05) is 57.8 Å². The fourth-order valence-electron chi connectivity index (χ4n) is 5.18. The predicted molar refractivity (Wildman–Crippen MR) is 144 cm³/mol. The Labute approximate surface area is 240 Å². The smallest absolute Gasteiger partial charge is 0.220 e. The standard InChI is InChI=1S/C27H50N2O12/c30-14-16-22(34)24(36)20(26(38)40-16)28-18(32)12-10-8-6-4-2-1-3-5-7-9-11-13-19(33)29-21-25(37)23(35)17(15-31)41-27(21)39/h16-17,20-27,30-31,34-39H,1-15H2,(H,28,32)(H,29,33)/t16-,17-,20-,21-,22-,23-,24-,25-,26-,27-/m1/s1. The van der Waals surface area contributed by atoms with Crippen LogP contribution >= 0.6 is 0 Å². The summed E-state index contributed by atoms with van der Waals surface area (Å²) in [6, 6.07) is -2.32. The van der Waals surface area contributed by atoms with Gasteiger partial charge < -0.3 is 61.0 Å². The average molecular weight is 595 g/mol. The fourth-order valence-corrected chi connectivity index (χ4v) is 5.18. The van der Waals surface area contributed by atoms with Crippen molar-refractivity contribution in [2.24, 2.45) is 0 Å². The number of ether oxygens (including phenoxy) is 2. The van der Waals surface area contributed by atoms with E-state index in [4.69, 9.17) is 19.7 Å². The van der Waals surface area contributed by atoms with E-state index in [1.807, 2.05) is 0 Å². The Morgan fingerprint density at radius 2 is 0.780 bits per heavy atom. The van der Waals surface area contributed by atoms with Crippen molar-refractivity contribution in [3.8, 4) is 0 Å². The van der Waals surface area contributed by atoms with Gasteiger partial charge in [0.2, 0.25) is 11.8 Å². The first kappa shape index (κ1) is 35.7. The molecule has 2 amide bonds. The molecule has 2 aliphatic heterocycles. The molecule has 240 valence electrons. The lowest BCUT2D eigenvalue weighted by Gasteiger charge is -2.40. The molecule has 0 aromatic heterocycles. The second-order valence-corrected chi connectivity index (χ2v) is 11.0. The summed E-state index contributed by atoms with van der Waals surface area (Å²) < 4.78 is 10.1. The van der Waals surface area contributed by atoms with Crippen LogP contribution in [0.2, 0.25) is 0 Å². The molecule has 41 heavy (non-hydrogen) atoms. The second kappa shape index (κ2) is 18.9. The Balaban J connectivity index is 1.41. The maximum atomic E-state index is 12.1. The molecule has 0 saturated carbocycles. The highest BCUT2D eigenvalue weighted by atomic mass is 16.6. The molecule has 0 radical (unpaired) electrons. The maximum Gasteiger partial charge on any atom is 0.220 e. The highest BCUT2D eigenvalue weighted by Crippen LogP contribution is 2.21. The van der Waals surface area contributed by atoms with Crippen LogP contribution in [0, 0.1) is 0 Å². The van der Waals surface area contributed by atoms with E-state index in [1.165, 1.54) is 0 Å². The van der Waals surface area contributed by atoms with Crippen molar-refractivity contribution in [3.05, 3.63) is 0 Å². The van der Waals surface area contributed by atoms with E-state index in [2.05, 4.69) is 10.6 Å². The van der Waals surface area contributed by atoms with Crippen molar-refractivity contribution in [2.75, 3.05) is 13.2 Å². The van der Waals surface area contributed by atoms with Gasteiger partial charge in [-0.2, -0.15) is 0 Å². The third-order valence-corrected chi connectivity index (χ3v) is 7.76. The summed E-state index contributed by atoms with van der Waals surface area (Å²) in [6.45, 7) is -1.12. The summed E-state index contributed by atoms with van der Waals surface area (Å²) in [5.41, 5.74) is 0. The molecule has 0 spiro atoms. The molecule has 10 atom stereocenters. The van der Waals surface area contributed by atoms with Crippen molar-refractivity contribution in [1.29, 1.82) is 0 Å². The largest absolute Gasteiger partial charge is 0.394 e. The molecule has 0 aromatic rings. The van der Waals surface area contributed by atoms with Crippen molar-refractivity contribution in [3.63, 3.8) is 0 Å². The molecule has 2 fully saturated rings. The highest BCUT2D eigenvalue weighted by molar-refractivity contribution is 5.76. The number of hydrogen-bond acceptors (Lipinski definition) is 12. The molecule has 14 nitrogen and oxygen atoms in total. The van der Waals surface area contributed by atoms with Crippen LogP contribution in [0.5, 0.6) is 0 Å². The van der Waals surface area contributed by atoms with E-state index in [9.17, 15) is 40.2 Å². The van der Waals surface area contributed by atoms with Crippen LogP contribution in [-0.4, -0.2) is 127 Å². The summed E-state index contributed by atoms with van der Waals surface area (Å²) in [7, 11) is 0. The first-order chi connectivity index (χ1) is 19.6. The zero-order chi connectivity index (χ0) is 30.4. The Bertz CT molecular complexity index is 702. The summed E-state index contributed by atoms with van der Waals surface area (Å²) in [4.78, 5) is 24.3. The predicted octanol–water partition coefficient (Wildman–Crippen LogP) is -2.11. The molecule has 2 saturated heterocycles. The van der Waals surface area contributed by atoms with E-state index < -0.39 is 74.5 Å². The minimum Gasteiger partial charge on any atom is -0.394 e. The van der Waals surface area contributed by atoms with Gasteiger partial charge in [0.25, 0.3) is 0 Å². The van der Waals surface area contributed by atoms with Crippen LogP contribution in [0.4, 0.5) is 0 Å². The summed E-state index contributed by atoms with van der Waals surface area (Å²) in [6.07, 6.45) is -0.0366. The number of amides is 2. The van der Waals surface area contributed by atoms with Crippen molar-refractivity contribution in [1.82, 2.24) is 10.6 Å².